The van der Waals surface area contributed by atoms with E-state index in [0.717, 1.165) is 34.9 Å². The van der Waals surface area contributed by atoms with Gasteiger partial charge in [-0.05, 0) is 32.3 Å². The Morgan fingerprint density at radius 1 is 1.14 bits per heavy atom. The molecule has 0 radical (unpaired) electrons. The van der Waals surface area contributed by atoms with Crippen molar-refractivity contribution >= 4 is 16.9 Å². The van der Waals surface area contributed by atoms with Crippen LogP contribution in [0.4, 0.5) is 0 Å². The van der Waals surface area contributed by atoms with Crippen molar-refractivity contribution in [3.63, 3.8) is 0 Å². The number of fused-ring (bicyclic) bond motifs is 1. The number of benzene rings is 1. The summed E-state index contributed by atoms with van der Waals surface area (Å²) in [5, 5.41) is 1.05. The van der Waals surface area contributed by atoms with Gasteiger partial charge in [-0.1, -0.05) is 43.9 Å². The third-order valence-electron chi connectivity index (χ3n) is 5.05. The lowest BCUT2D eigenvalue weighted by Crippen LogP contribution is -2.36. The van der Waals surface area contributed by atoms with Gasteiger partial charge in [0.1, 0.15) is 5.58 Å². The maximum atomic E-state index is 12.9. The largest absolute Gasteiger partial charge is 0.450 e. The van der Waals surface area contributed by atoms with E-state index in [4.69, 9.17) is 4.42 Å². The summed E-state index contributed by atoms with van der Waals surface area (Å²) in [4.78, 5) is 14.8. The number of para-hydroxylation sites is 1. The Balaban J connectivity index is 1.91. The molecule has 0 aliphatic heterocycles. The predicted octanol–water partition coefficient (Wildman–Crippen LogP) is 4.84. The van der Waals surface area contributed by atoms with Crippen LogP contribution < -0.4 is 0 Å². The first kappa shape index (κ1) is 15.1. The predicted molar refractivity (Wildman–Crippen MR) is 89.3 cm³/mol. The highest BCUT2D eigenvalue weighted by molar-refractivity contribution is 5.99. The molecule has 22 heavy (non-hydrogen) atoms. The molecule has 1 heterocycles. The molecule has 3 heteroatoms. The van der Waals surface area contributed by atoms with Crippen molar-refractivity contribution < 1.29 is 9.21 Å². The number of nitrogens with zero attached hydrogens (tertiary/aromatic N) is 1. The van der Waals surface area contributed by atoms with E-state index < -0.39 is 0 Å². The van der Waals surface area contributed by atoms with E-state index in [1.165, 1.54) is 25.7 Å². The minimum absolute atomic E-state index is 0.0278. The van der Waals surface area contributed by atoms with E-state index in [1.54, 1.807) is 0 Å². The lowest BCUT2D eigenvalue weighted by molar-refractivity contribution is 0.0687. The average molecular weight is 299 g/mol. The van der Waals surface area contributed by atoms with Gasteiger partial charge < -0.3 is 9.32 Å². The molecule has 118 valence electrons. The number of hydrogen-bond donors (Lipinski definition) is 0. The summed E-state index contributed by atoms with van der Waals surface area (Å²) in [6.45, 7) is 4.01. The Bertz CT molecular complexity index is 678. The van der Waals surface area contributed by atoms with Gasteiger partial charge in [0.15, 0.2) is 5.76 Å². The lowest BCUT2D eigenvalue weighted by Gasteiger charge is -2.26. The smallest absolute Gasteiger partial charge is 0.289 e. The highest BCUT2D eigenvalue weighted by Gasteiger charge is 2.26. The van der Waals surface area contributed by atoms with Crippen LogP contribution in [0.1, 0.15) is 60.2 Å². The minimum Gasteiger partial charge on any atom is -0.450 e. The van der Waals surface area contributed by atoms with E-state index in [-0.39, 0.29) is 5.91 Å². The summed E-state index contributed by atoms with van der Waals surface area (Å²) in [5.74, 6) is 0.538. The van der Waals surface area contributed by atoms with Gasteiger partial charge in [-0.2, -0.15) is 0 Å². The van der Waals surface area contributed by atoms with Crippen molar-refractivity contribution in [3.8, 4) is 0 Å². The topological polar surface area (TPSA) is 33.5 Å². The molecule has 1 amide bonds. The Hall–Kier alpha value is -1.77. The molecule has 1 aromatic heterocycles. The van der Waals surface area contributed by atoms with Gasteiger partial charge in [-0.25, -0.2) is 0 Å². The van der Waals surface area contributed by atoms with Crippen LogP contribution in [0.2, 0.25) is 0 Å². The minimum atomic E-state index is 0.0278. The van der Waals surface area contributed by atoms with Crippen LogP contribution in [-0.2, 0) is 0 Å². The van der Waals surface area contributed by atoms with Gasteiger partial charge in [-0.3, -0.25) is 4.79 Å². The Kier molecular flexibility index (Phi) is 4.23. The second-order valence-corrected chi connectivity index (χ2v) is 6.57. The molecular formula is C19H25NO2. The highest BCUT2D eigenvalue weighted by atomic mass is 16.3. The maximum absolute atomic E-state index is 12.9. The Labute approximate surface area is 132 Å². The molecule has 2 aromatic rings. The maximum Gasteiger partial charge on any atom is 0.289 e. The van der Waals surface area contributed by atoms with E-state index in [9.17, 15) is 4.79 Å². The Morgan fingerprint density at radius 3 is 2.45 bits per heavy atom. The standard InChI is InChI=1S/C19H25NO2/c1-13-9-8-12-16-14(2)18(22-17(13)16)19(21)20(3)15-10-6-4-5-7-11-15/h8-9,12,15H,4-7,10-11H2,1-3H3. The second-order valence-electron chi connectivity index (χ2n) is 6.57. The quantitative estimate of drug-likeness (QED) is 0.743. The van der Waals surface area contributed by atoms with Crippen LogP contribution in [0.25, 0.3) is 11.0 Å². The summed E-state index contributed by atoms with van der Waals surface area (Å²) < 4.78 is 5.94. The first-order valence-electron chi connectivity index (χ1n) is 8.35. The van der Waals surface area contributed by atoms with Crippen molar-refractivity contribution in [2.45, 2.75) is 58.4 Å². The number of carbonyl (C=O) groups excluding carboxylic acids is 1. The van der Waals surface area contributed by atoms with Crippen molar-refractivity contribution in [1.29, 1.82) is 0 Å². The number of aryl methyl sites for hydroxylation is 2. The van der Waals surface area contributed by atoms with Crippen molar-refractivity contribution in [3.05, 3.63) is 35.1 Å². The van der Waals surface area contributed by atoms with Gasteiger partial charge in [0.2, 0.25) is 0 Å². The van der Waals surface area contributed by atoms with Crippen molar-refractivity contribution in [2.75, 3.05) is 7.05 Å². The van der Waals surface area contributed by atoms with Crippen molar-refractivity contribution in [1.82, 2.24) is 4.90 Å². The summed E-state index contributed by atoms with van der Waals surface area (Å²) in [5.41, 5.74) is 2.89. The van der Waals surface area contributed by atoms with Gasteiger partial charge in [-0.15, -0.1) is 0 Å². The fourth-order valence-corrected chi connectivity index (χ4v) is 3.56. The number of amides is 1. The van der Waals surface area contributed by atoms with E-state index in [0.29, 0.717) is 11.8 Å². The monoisotopic (exact) mass is 299 g/mol. The number of furan rings is 1. The molecule has 3 nitrogen and oxygen atoms in total. The fraction of sp³-hybridized carbons (Fsp3) is 0.526. The molecule has 0 N–H and O–H groups in total. The number of rotatable bonds is 2. The summed E-state index contributed by atoms with van der Waals surface area (Å²) >= 11 is 0. The second kappa shape index (κ2) is 6.15. The van der Waals surface area contributed by atoms with Gasteiger partial charge in [0.25, 0.3) is 5.91 Å². The molecule has 0 bridgehead atoms. The molecule has 0 saturated heterocycles. The molecule has 0 atom stereocenters. The van der Waals surface area contributed by atoms with E-state index in [2.05, 4.69) is 0 Å². The Morgan fingerprint density at radius 2 is 1.82 bits per heavy atom. The first-order chi connectivity index (χ1) is 10.6. The van der Waals surface area contributed by atoms with Crippen LogP contribution in [0.5, 0.6) is 0 Å². The molecule has 1 fully saturated rings. The lowest BCUT2D eigenvalue weighted by atomic mass is 10.1. The third kappa shape index (κ3) is 2.65. The molecule has 1 aliphatic carbocycles. The molecule has 3 rings (SSSR count). The zero-order valence-corrected chi connectivity index (χ0v) is 13.8. The summed E-state index contributed by atoms with van der Waals surface area (Å²) in [6.07, 6.45) is 7.25. The van der Waals surface area contributed by atoms with Gasteiger partial charge >= 0.3 is 0 Å². The zero-order valence-electron chi connectivity index (χ0n) is 13.8. The average Bonchev–Trinajstić information content (AvgIpc) is 2.71. The normalized spacial score (nSPS) is 16.7. The third-order valence-corrected chi connectivity index (χ3v) is 5.05. The summed E-state index contributed by atoms with van der Waals surface area (Å²) in [6, 6.07) is 6.42. The number of carbonyl (C=O) groups is 1. The van der Waals surface area contributed by atoms with E-state index >= 15 is 0 Å². The van der Waals surface area contributed by atoms with Crippen LogP contribution in [0.15, 0.2) is 22.6 Å². The molecule has 0 unspecified atom stereocenters. The molecule has 1 aromatic carbocycles. The van der Waals surface area contributed by atoms with Gasteiger partial charge in [0, 0.05) is 24.0 Å². The zero-order chi connectivity index (χ0) is 15.7. The molecular weight excluding hydrogens is 274 g/mol. The van der Waals surface area contributed by atoms with Gasteiger partial charge in [0.05, 0.1) is 0 Å². The molecule has 1 saturated carbocycles. The highest BCUT2D eigenvalue weighted by Crippen LogP contribution is 2.30. The molecule has 1 aliphatic rings. The van der Waals surface area contributed by atoms with Crippen LogP contribution >= 0.6 is 0 Å². The van der Waals surface area contributed by atoms with Crippen LogP contribution in [0, 0.1) is 13.8 Å². The first-order valence-corrected chi connectivity index (χ1v) is 8.35. The van der Waals surface area contributed by atoms with Crippen molar-refractivity contribution in [2.24, 2.45) is 0 Å². The van der Waals surface area contributed by atoms with Crippen LogP contribution in [-0.4, -0.2) is 23.9 Å². The van der Waals surface area contributed by atoms with Crippen LogP contribution in [0.3, 0.4) is 0 Å². The summed E-state index contributed by atoms with van der Waals surface area (Å²) in [7, 11) is 1.93. The number of hydrogen-bond acceptors (Lipinski definition) is 2. The fourth-order valence-electron chi connectivity index (χ4n) is 3.56. The van der Waals surface area contributed by atoms with E-state index in [1.807, 2.05) is 44.0 Å². The SMILES string of the molecule is Cc1c(C(=O)N(C)C2CCCCCC2)oc2c(C)cccc12. The molecule has 0 spiro atoms.